The van der Waals surface area contributed by atoms with Crippen molar-refractivity contribution in [2.75, 3.05) is 7.11 Å². The zero-order chi connectivity index (χ0) is 10.8. The van der Waals surface area contributed by atoms with E-state index in [0.29, 0.717) is 0 Å². The van der Waals surface area contributed by atoms with E-state index in [1.807, 2.05) is 33.8 Å². The first-order valence-electron chi connectivity index (χ1n) is 4.67. The summed E-state index contributed by atoms with van der Waals surface area (Å²) in [4.78, 5) is 0. The fraction of sp³-hybridized carbons (Fsp3) is 0.636. The summed E-state index contributed by atoms with van der Waals surface area (Å²) in [5, 5.41) is 0. The molecule has 1 heterocycles. The first-order valence-corrected chi connectivity index (χ1v) is 4.67. The Kier molecular flexibility index (Phi) is 2.90. The van der Waals surface area contributed by atoms with Crippen LogP contribution in [0.2, 0.25) is 0 Å². The lowest BCUT2D eigenvalue weighted by atomic mass is 10.1. The van der Waals surface area contributed by atoms with Gasteiger partial charge in [-0.3, -0.25) is 0 Å². The summed E-state index contributed by atoms with van der Waals surface area (Å²) < 4.78 is 16.2. The molecule has 0 spiro atoms. The highest BCUT2D eigenvalue weighted by molar-refractivity contribution is 5.17. The second kappa shape index (κ2) is 3.65. The summed E-state index contributed by atoms with van der Waals surface area (Å²) in [5.74, 6) is 0.270. The average Bonchev–Trinajstić information content (AvgIpc) is 2.20. The van der Waals surface area contributed by atoms with Crippen molar-refractivity contribution in [1.82, 2.24) is 0 Å². The Bertz CT molecular complexity index is 262. The molecule has 0 saturated carbocycles. The molecule has 0 amide bonds. The van der Waals surface area contributed by atoms with Crippen LogP contribution in [-0.2, 0) is 14.2 Å². The minimum absolute atomic E-state index is 0.373. The van der Waals surface area contributed by atoms with Crippen LogP contribution in [0.1, 0.15) is 27.7 Å². The molecule has 0 atom stereocenters. The molecule has 3 nitrogen and oxygen atoms in total. The quantitative estimate of drug-likeness (QED) is 0.638. The Balaban J connectivity index is 2.80. The molecule has 0 N–H and O–H groups in total. The van der Waals surface area contributed by atoms with Gasteiger partial charge in [0.25, 0.3) is 0 Å². The van der Waals surface area contributed by atoms with Crippen molar-refractivity contribution in [3.05, 3.63) is 24.2 Å². The highest BCUT2D eigenvalue weighted by Gasteiger charge is 2.43. The number of methoxy groups -OCH3 is 1. The summed E-state index contributed by atoms with van der Waals surface area (Å²) >= 11 is 0. The van der Waals surface area contributed by atoms with Gasteiger partial charge in [0.2, 0.25) is 5.79 Å². The van der Waals surface area contributed by atoms with Crippen LogP contribution in [0.5, 0.6) is 0 Å². The van der Waals surface area contributed by atoms with Gasteiger partial charge in [-0.25, -0.2) is 0 Å². The molecule has 0 aromatic heterocycles. The van der Waals surface area contributed by atoms with E-state index in [2.05, 4.69) is 0 Å². The van der Waals surface area contributed by atoms with Crippen molar-refractivity contribution in [3.8, 4) is 0 Å². The molecule has 1 saturated heterocycles. The maximum absolute atomic E-state index is 5.71. The van der Waals surface area contributed by atoms with Crippen LogP contribution in [0, 0.1) is 0 Å². The van der Waals surface area contributed by atoms with Gasteiger partial charge in [-0.05, 0) is 26.0 Å². The lowest BCUT2D eigenvalue weighted by Crippen LogP contribution is -2.26. The van der Waals surface area contributed by atoms with Crippen molar-refractivity contribution in [2.45, 2.75) is 39.1 Å². The Morgan fingerprint density at radius 1 is 1.21 bits per heavy atom. The Morgan fingerprint density at radius 2 is 1.86 bits per heavy atom. The topological polar surface area (TPSA) is 27.7 Å². The van der Waals surface area contributed by atoms with E-state index in [4.69, 9.17) is 14.2 Å². The van der Waals surface area contributed by atoms with Crippen molar-refractivity contribution < 1.29 is 14.2 Å². The normalized spacial score (nSPS) is 26.8. The van der Waals surface area contributed by atoms with Gasteiger partial charge in [0.05, 0.1) is 13.4 Å². The number of hydrogen-bond acceptors (Lipinski definition) is 3. The molecule has 0 aromatic carbocycles. The van der Waals surface area contributed by atoms with Crippen molar-refractivity contribution >= 4 is 0 Å². The molecule has 0 aliphatic carbocycles. The van der Waals surface area contributed by atoms with E-state index in [9.17, 15) is 0 Å². The predicted molar refractivity (Wildman–Crippen MR) is 54.6 cm³/mol. The molecule has 1 fully saturated rings. The third-order valence-corrected chi connectivity index (χ3v) is 1.91. The van der Waals surface area contributed by atoms with Crippen LogP contribution in [-0.4, -0.2) is 18.5 Å². The van der Waals surface area contributed by atoms with Gasteiger partial charge in [-0.2, -0.15) is 0 Å². The summed E-state index contributed by atoms with van der Waals surface area (Å²) in [6, 6.07) is 0. The highest BCUT2D eigenvalue weighted by Crippen LogP contribution is 2.38. The first-order chi connectivity index (χ1) is 6.37. The first kappa shape index (κ1) is 11.1. The molecule has 3 heteroatoms. The predicted octanol–water partition coefficient (Wildman–Crippen LogP) is 2.59. The van der Waals surface area contributed by atoms with Gasteiger partial charge < -0.3 is 14.2 Å². The van der Waals surface area contributed by atoms with Crippen LogP contribution in [0.15, 0.2) is 24.2 Å². The average molecular weight is 198 g/mol. The van der Waals surface area contributed by atoms with Crippen molar-refractivity contribution in [3.63, 3.8) is 0 Å². The lowest BCUT2D eigenvalue weighted by molar-refractivity contribution is -0.151. The van der Waals surface area contributed by atoms with Crippen LogP contribution < -0.4 is 0 Å². The van der Waals surface area contributed by atoms with E-state index in [1.165, 1.54) is 0 Å². The third-order valence-electron chi connectivity index (χ3n) is 1.91. The molecule has 1 aliphatic heterocycles. The Morgan fingerprint density at radius 3 is 2.29 bits per heavy atom. The van der Waals surface area contributed by atoms with Gasteiger partial charge in [0.1, 0.15) is 11.4 Å². The second-order valence-corrected chi connectivity index (χ2v) is 4.21. The smallest absolute Gasteiger partial charge is 0.205 e. The standard InChI is InChI=1S/C11H18O3/c1-10(2)9(7-6-8-12-5)13-11(3,4)14-10/h6-8H,1-5H3/b8-6+,9-7+. The third kappa shape index (κ3) is 2.51. The monoisotopic (exact) mass is 198 g/mol. The van der Waals surface area contributed by atoms with Crippen molar-refractivity contribution in [1.29, 1.82) is 0 Å². The minimum atomic E-state index is -0.545. The number of rotatable bonds is 2. The minimum Gasteiger partial charge on any atom is -0.504 e. The summed E-state index contributed by atoms with van der Waals surface area (Å²) in [5.41, 5.74) is -0.373. The van der Waals surface area contributed by atoms with Crippen LogP contribution in [0.25, 0.3) is 0 Å². The van der Waals surface area contributed by atoms with E-state index >= 15 is 0 Å². The molecule has 1 rings (SSSR count). The lowest BCUT2D eigenvalue weighted by Gasteiger charge is -2.18. The number of hydrogen-bond donors (Lipinski definition) is 0. The number of ether oxygens (including phenoxy) is 3. The molecule has 14 heavy (non-hydrogen) atoms. The summed E-state index contributed by atoms with van der Waals surface area (Å²) in [6.45, 7) is 7.76. The zero-order valence-corrected chi connectivity index (χ0v) is 9.46. The van der Waals surface area contributed by atoms with Gasteiger partial charge in [-0.15, -0.1) is 0 Å². The van der Waals surface area contributed by atoms with E-state index in [1.54, 1.807) is 19.4 Å². The molecule has 0 radical (unpaired) electrons. The van der Waals surface area contributed by atoms with E-state index in [0.717, 1.165) is 5.76 Å². The number of allylic oxidation sites excluding steroid dienone is 2. The van der Waals surface area contributed by atoms with E-state index < -0.39 is 5.79 Å². The Labute approximate surface area is 85.3 Å². The molecular weight excluding hydrogens is 180 g/mol. The van der Waals surface area contributed by atoms with Crippen LogP contribution in [0.4, 0.5) is 0 Å². The van der Waals surface area contributed by atoms with Gasteiger partial charge >= 0.3 is 0 Å². The zero-order valence-electron chi connectivity index (χ0n) is 9.46. The van der Waals surface area contributed by atoms with Gasteiger partial charge in [-0.1, -0.05) is 0 Å². The highest BCUT2D eigenvalue weighted by atomic mass is 16.8. The second-order valence-electron chi connectivity index (χ2n) is 4.21. The molecular formula is C11H18O3. The van der Waals surface area contributed by atoms with Crippen LogP contribution >= 0.6 is 0 Å². The SMILES string of the molecule is CO/C=C/C=C1/OC(C)(C)OC1(C)C. The summed E-state index contributed by atoms with van der Waals surface area (Å²) in [7, 11) is 1.61. The van der Waals surface area contributed by atoms with Gasteiger partial charge in [0.15, 0.2) is 0 Å². The molecule has 0 unspecified atom stereocenters. The molecule has 0 bridgehead atoms. The molecule has 80 valence electrons. The maximum atomic E-state index is 5.71. The van der Waals surface area contributed by atoms with Gasteiger partial charge in [0, 0.05) is 13.8 Å². The van der Waals surface area contributed by atoms with E-state index in [-0.39, 0.29) is 5.60 Å². The fourth-order valence-electron chi connectivity index (χ4n) is 1.51. The van der Waals surface area contributed by atoms with Crippen molar-refractivity contribution in [2.24, 2.45) is 0 Å². The van der Waals surface area contributed by atoms with Crippen LogP contribution in [0.3, 0.4) is 0 Å². The largest absolute Gasteiger partial charge is 0.504 e. The molecule has 0 aromatic rings. The maximum Gasteiger partial charge on any atom is 0.205 e. The summed E-state index contributed by atoms with van der Waals surface area (Å²) in [6.07, 6.45) is 5.25. The molecule has 1 aliphatic rings. The fourth-order valence-corrected chi connectivity index (χ4v) is 1.51. The Hall–Kier alpha value is -0.960.